The molecule has 0 aliphatic carbocycles. The van der Waals surface area contributed by atoms with Gasteiger partial charge in [0.15, 0.2) is 0 Å². The Kier molecular flexibility index (Phi) is 3.33. The molecular formula is C9H16N2. The van der Waals surface area contributed by atoms with Crippen LogP contribution >= 0.6 is 0 Å². The molecule has 0 saturated carbocycles. The van der Waals surface area contributed by atoms with Gasteiger partial charge in [0.25, 0.3) is 0 Å². The van der Waals surface area contributed by atoms with Crippen molar-refractivity contribution in [2.24, 2.45) is 5.73 Å². The Morgan fingerprint density at radius 2 is 2.64 bits per heavy atom. The zero-order chi connectivity index (χ0) is 8.10. The molecule has 0 amide bonds. The molecule has 2 nitrogen and oxygen atoms in total. The fourth-order valence-corrected chi connectivity index (χ4v) is 1.28. The minimum atomic E-state index is 0.212. The maximum Gasteiger partial charge on any atom is 0.0354 e. The minimum absolute atomic E-state index is 0.212. The lowest BCUT2D eigenvalue weighted by atomic mass is 10.0. The number of hydrogen-bond donors (Lipinski definition) is 2. The third-order valence-electron chi connectivity index (χ3n) is 1.85. The van der Waals surface area contributed by atoms with E-state index < -0.39 is 0 Å². The zero-order valence-electron chi connectivity index (χ0n) is 6.84. The van der Waals surface area contributed by atoms with Crippen molar-refractivity contribution in [3.63, 3.8) is 0 Å². The first-order valence-corrected chi connectivity index (χ1v) is 4.09. The Balaban J connectivity index is 2.36. The second-order valence-electron chi connectivity index (χ2n) is 2.95. The number of rotatable bonds is 3. The van der Waals surface area contributed by atoms with E-state index >= 15 is 0 Å². The molecule has 0 aromatic carbocycles. The van der Waals surface area contributed by atoms with E-state index in [0.717, 1.165) is 25.9 Å². The van der Waals surface area contributed by atoms with Crippen molar-refractivity contribution < 1.29 is 0 Å². The highest BCUT2D eigenvalue weighted by atomic mass is 14.9. The van der Waals surface area contributed by atoms with Crippen LogP contribution in [0.2, 0.25) is 0 Å². The van der Waals surface area contributed by atoms with Gasteiger partial charge >= 0.3 is 0 Å². The highest BCUT2D eigenvalue weighted by Gasteiger charge is 2.07. The van der Waals surface area contributed by atoms with Crippen LogP contribution in [0.1, 0.15) is 12.8 Å². The molecule has 0 fully saturated rings. The number of nitrogens with two attached hydrogens (primary N) is 1. The summed E-state index contributed by atoms with van der Waals surface area (Å²) >= 11 is 0. The van der Waals surface area contributed by atoms with E-state index in [4.69, 9.17) is 5.73 Å². The Morgan fingerprint density at radius 1 is 1.82 bits per heavy atom. The summed E-state index contributed by atoms with van der Waals surface area (Å²) in [5, 5.41) is 3.27. The lowest BCUT2D eigenvalue weighted by molar-refractivity contribution is 0.620. The predicted molar refractivity (Wildman–Crippen MR) is 48.4 cm³/mol. The van der Waals surface area contributed by atoms with Crippen LogP contribution < -0.4 is 11.1 Å². The van der Waals surface area contributed by atoms with Gasteiger partial charge in [-0.2, -0.15) is 0 Å². The lowest BCUT2D eigenvalue weighted by Crippen LogP contribution is -2.37. The van der Waals surface area contributed by atoms with Gasteiger partial charge in [0.2, 0.25) is 0 Å². The molecule has 0 spiro atoms. The fraction of sp³-hybridized carbons (Fsp3) is 0.556. The topological polar surface area (TPSA) is 38.0 Å². The lowest BCUT2D eigenvalue weighted by Gasteiger charge is -2.18. The molecule has 0 aromatic heterocycles. The van der Waals surface area contributed by atoms with Crippen molar-refractivity contribution in [2.75, 3.05) is 13.1 Å². The first kappa shape index (κ1) is 8.50. The van der Waals surface area contributed by atoms with E-state index in [1.54, 1.807) is 0 Å². The van der Waals surface area contributed by atoms with Crippen molar-refractivity contribution in [1.29, 1.82) is 0 Å². The van der Waals surface area contributed by atoms with Gasteiger partial charge in [-0.05, 0) is 12.8 Å². The summed E-state index contributed by atoms with van der Waals surface area (Å²) in [5.41, 5.74) is 7.15. The summed E-state index contributed by atoms with van der Waals surface area (Å²) in [4.78, 5) is 0. The summed E-state index contributed by atoms with van der Waals surface area (Å²) in [5.74, 6) is 0. The molecule has 3 N–H and O–H groups in total. The summed E-state index contributed by atoms with van der Waals surface area (Å²) < 4.78 is 0. The maximum atomic E-state index is 5.73. The summed E-state index contributed by atoms with van der Waals surface area (Å²) in [6, 6.07) is 0.212. The Hall–Kier alpha value is -0.600. The van der Waals surface area contributed by atoms with Crippen LogP contribution in [0.15, 0.2) is 24.3 Å². The van der Waals surface area contributed by atoms with Gasteiger partial charge in [-0.3, -0.25) is 0 Å². The summed E-state index contributed by atoms with van der Waals surface area (Å²) in [7, 11) is 0. The minimum Gasteiger partial charge on any atom is -0.323 e. The highest BCUT2D eigenvalue weighted by Crippen LogP contribution is 2.07. The van der Waals surface area contributed by atoms with Crippen molar-refractivity contribution >= 4 is 0 Å². The molecule has 1 rings (SSSR count). The van der Waals surface area contributed by atoms with Crippen molar-refractivity contribution in [3.05, 3.63) is 24.3 Å². The quantitative estimate of drug-likeness (QED) is 0.587. The molecule has 1 unspecified atom stereocenters. The van der Waals surface area contributed by atoms with Crippen LogP contribution in [0.25, 0.3) is 0 Å². The van der Waals surface area contributed by atoms with Gasteiger partial charge in [0.1, 0.15) is 0 Å². The molecule has 1 aliphatic rings. The van der Waals surface area contributed by atoms with E-state index in [2.05, 4.69) is 18.0 Å². The molecule has 62 valence electrons. The van der Waals surface area contributed by atoms with E-state index in [-0.39, 0.29) is 6.04 Å². The van der Waals surface area contributed by atoms with Gasteiger partial charge < -0.3 is 11.1 Å². The van der Waals surface area contributed by atoms with Crippen LogP contribution in [0.4, 0.5) is 0 Å². The molecular weight excluding hydrogens is 136 g/mol. The van der Waals surface area contributed by atoms with Gasteiger partial charge in [0, 0.05) is 19.1 Å². The van der Waals surface area contributed by atoms with Crippen LogP contribution in [-0.4, -0.2) is 19.1 Å². The molecule has 0 aromatic rings. The Labute approximate surface area is 68.2 Å². The predicted octanol–water partition coefficient (Wildman–Crippen LogP) is 0.810. The molecule has 0 radical (unpaired) electrons. The Bertz CT molecular complexity index is 161. The number of nitrogens with one attached hydrogen (secondary N) is 1. The van der Waals surface area contributed by atoms with E-state index in [1.165, 1.54) is 5.57 Å². The van der Waals surface area contributed by atoms with Crippen LogP contribution in [0.5, 0.6) is 0 Å². The summed E-state index contributed by atoms with van der Waals surface area (Å²) in [6.07, 6.45) is 6.27. The van der Waals surface area contributed by atoms with Crippen molar-refractivity contribution in [3.8, 4) is 0 Å². The van der Waals surface area contributed by atoms with E-state index in [1.807, 2.05) is 6.08 Å². The molecule has 1 aliphatic heterocycles. The molecule has 1 heterocycles. The second kappa shape index (κ2) is 4.31. The number of allylic oxidation sites excluding steroid dienone is 1. The molecule has 1 atom stereocenters. The van der Waals surface area contributed by atoms with Gasteiger partial charge in [-0.25, -0.2) is 0 Å². The first-order valence-electron chi connectivity index (χ1n) is 4.09. The van der Waals surface area contributed by atoms with Gasteiger partial charge in [0.05, 0.1) is 0 Å². The fourth-order valence-electron chi connectivity index (χ4n) is 1.28. The normalized spacial score (nSPS) is 24.5. The first-order chi connectivity index (χ1) is 5.33. The summed E-state index contributed by atoms with van der Waals surface area (Å²) in [6.45, 7) is 5.60. The Morgan fingerprint density at radius 3 is 3.27 bits per heavy atom. The zero-order valence-corrected chi connectivity index (χ0v) is 6.84. The van der Waals surface area contributed by atoms with Gasteiger partial charge in [-0.15, -0.1) is 6.58 Å². The van der Waals surface area contributed by atoms with Crippen molar-refractivity contribution in [2.45, 2.75) is 18.9 Å². The highest BCUT2D eigenvalue weighted by molar-refractivity contribution is 5.12. The molecule has 11 heavy (non-hydrogen) atoms. The SMILES string of the molecule is C=CCCC1=CC(N)CNC1. The largest absolute Gasteiger partial charge is 0.323 e. The maximum absolute atomic E-state index is 5.73. The van der Waals surface area contributed by atoms with Crippen LogP contribution in [0, 0.1) is 0 Å². The average Bonchev–Trinajstić information content (AvgIpc) is 2.01. The average molecular weight is 152 g/mol. The molecule has 0 saturated heterocycles. The number of hydrogen-bond acceptors (Lipinski definition) is 2. The second-order valence-corrected chi connectivity index (χ2v) is 2.95. The monoisotopic (exact) mass is 152 g/mol. The van der Waals surface area contributed by atoms with Crippen LogP contribution in [0.3, 0.4) is 0 Å². The third-order valence-corrected chi connectivity index (χ3v) is 1.85. The molecule has 2 heteroatoms. The van der Waals surface area contributed by atoms with E-state index in [0.29, 0.717) is 0 Å². The van der Waals surface area contributed by atoms with E-state index in [9.17, 15) is 0 Å². The van der Waals surface area contributed by atoms with Crippen molar-refractivity contribution in [1.82, 2.24) is 5.32 Å². The molecule has 0 bridgehead atoms. The van der Waals surface area contributed by atoms with Gasteiger partial charge in [-0.1, -0.05) is 17.7 Å². The standard InChI is InChI=1S/C9H16N2/c1-2-3-4-8-5-9(10)7-11-6-8/h2,5,9,11H,1,3-4,6-7,10H2. The smallest absolute Gasteiger partial charge is 0.0354 e. The third kappa shape index (κ3) is 2.87. The van der Waals surface area contributed by atoms with Crippen LogP contribution in [-0.2, 0) is 0 Å².